The van der Waals surface area contributed by atoms with Gasteiger partial charge in [-0.1, -0.05) is 31.2 Å². The maximum absolute atomic E-state index is 12.1. The van der Waals surface area contributed by atoms with Crippen LogP contribution in [0.3, 0.4) is 0 Å². The Morgan fingerprint density at radius 3 is 2.42 bits per heavy atom. The molecule has 0 aromatic heterocycles. The van der Waals surface area contributed by atoms with E-state index in [1.165, 1.54) is 5.56 Å². The quantitative estimate of drug-likeness (QED) is 0.850. The van der Waals surface area contributed by atoms with Crippen LogP contribution < -0.4 is 5.32 Å². The molecule has 0 heterocycles. The van der Waals surface area contributed by atoms with E-state index in [4.69, 9.17) is 0 Å². The first-order chi connectivity index (χ1) is 9.24. The van der Waals surface area contributed by atoms with Crippen molar-refractivity contribution in [3.8, 4) is 0 Å². The summed E-state index contributed by atoms with van der Waals surface area (Å²) in [5, 5.41) is 2.75. The van der Waals surface area contributed by atoms with Gasteiger partial charge in [0, 0.05) is 11.1 Å². The number of nitrogens with one attached hydrogen (secondary N) is 1. The predicted octanol–water partition coefficient (Wildman–Crippen LogP) is 3.31. The van der Waals surface area contributed by atoms with Crippen LogP contribution in [0.5, 0.6) is 0 Å². The van der Waals surface area contributed by atoms with Crippen LogP contribution in [0.2, 0.25) is 0 Å². The number of amides is 1. The van der Waals surface area contributed by atoms with Gasteiger partial charge in [0.05, 0.1) is 5.69 Å². The van der Waals surface area contributed by atoms with Crippen molar-refractivity contribution < 1.29 is 9.59 Å². The van der Waals surface area contributed by atoms with Crippen LogP contribution in [0.4, 0.5) is 5.69 Å². The van der Waals surface area contributed by atoms with Crippen LogP contribution in [0.25, 0.3) is 0 Å². The Balaban J connectivity index is 2.18. The van der Waals surface area contributed by atoms with E-state index in [9.17, 15) is 9.59 Å². The van der Waals surface area contributed by atoms with Crippen molar-refractivity contribution in [3.63, 3.8) is 0 Å². The van der Waals surface area contributed by atoms with Gasteiger partial charge in [0.15, 0.2) is 6.29 Å². The van der Waals surface area contributed by atoms with Crippen LogP contribution in [-0.4, -0.2) is 12.2 Å². The summed E-state index contributed by atoms with van der Waals surface area (Å²) >= 11 is 0. The zero-order chi connectivity index (χ0) is 13.7. The first-order valence-electron chi connectivity index (χ1n) is 6.19. The number of carbonyl (C=O) groups excluding carboxylic acids is 2. The first kappa shape index (κ1) is 13.0. The minimum Gasteiger partial charge on any atom is -0.321 e. The lowest BCUT2D eigenvalue weighted by Crippen LogP contribution is -2.13. The Labute approximate surface area is 112 Å². The molecule has 19 heavy (non-hydrogen) atoms. The fourth-order valence-electron chi connectivity index (χ4n) is 1.80. The lowest BCUT2D eigenvalue weighted by molar-refractivity contribution is 0.102. The molecule has 0 aliphatic carbocycles. The molecule has 2 aromatic carbocycles. The standard InChI is InChI=1S/C16H15NO2/c1-2-12-7-9-13(10-8-12)16(19)17-15-6-4-3-5-14(15)11-18/h3-11H,2H2,1H3,(H,17,19). The van der Waals surface area contributed by atoms with Gasteiger partial charge in [-0.05, 0) is 36.2 Å². The van der Waals surface area contributed by atoms with Crippen molar-refractivity contribution in [2.75, 3.05) is 5.32 Å². The summed E-state index contributed by atoms with van der Waals surface area (Å²) < 4.78 is 0. The molecule has 3 nitrogen and oxygen atoms in total. The molecular formula is C16H15NO2. The molecule has 1 amide bonds. The number of hydrogen-bond acceptors (Lipinski definition) is 2. The molecule has 0 fully saturated rings. The van der Waals surface area contributed by atoms with Gasteiger partial charge in [0.1, 0.15) is 0 Å². The van der Waals surface area contributed by atoms with Crippen molar-refractivity contribution in [2.45, 2.75) is 13.3 Å². The second-order valence-electron chi connectivity index (χ2n) is 4.21. The summed E-state index contributed by atoms with van der Waals surface area (Å²) in [4.78, 5) is 22.9. The number of aldehydes is 1. The number of hydrogen-bond donors (Lipinski definition) is 1. The van der Waals surface area contributed by atoms with Crippen molar-refractivity contribution in [2.24, 2.45) is 0 Å². The lowest BCUT2D eigenvalue weighted by Gasteiger charge is -2.07. The molecule has 96 valence electrons. The smallest absolute Gasteiger partial charge is 0.255 e. The normalized spacial score (nSPS) is 9.95. The molecule has 0 aliphatic rings. The highest BCUT2D eigenvalue weighted by Gasteiger charge is 2.08. The maximum atomic E-state index is 12.1. The molecule has 0 spiro atoms. The predicted molar refractivity (Wildman–Crippen MR) is 75.6 cm³/mol. The van der Waals surface area contributed by atoms with Crippen molar-refractivity contribution in [1.29, 1.82) is 0 Å². The topological polar surface area (TPSA) is 46.2 Å². The fourth-order valence-corrected chi connectivity index (χ4v) is 1.80. The summed E-state index contributed by atoms with van der Waals surface area (Å²) in [7, 11) is 0. The molecule has 0 bridgehead atoms. The second kappa shape index (κ2) is 5.96. The minimum atomic E-state index is -0.211. The van der Waals surface area contributed by atoms with Gasteiger partial charge >= 0.3 is 0 Å². The van der Waals surface area contributed by atoms with Gasteiger partial charge in [-0.2, -0.15) is 0 Å². The second-order valence-corrected chi connectivity index (χ2v) is 4.21. The number of anilines is 1. The highest BCUT2D eigenvalue weighted by atomic mass is 16.1. The molecule has 2 aromatic rings. The number of para-hydroxylation sites is 1. The van der Waals surface area contributed by atoms with E-state index in [0.717, 1.165) is 12.7 Å². The average molecular weight is 253 g/mol. The summed E-state index contributed by atoms with van der Waals surface area (Å²) in [6.07, 6.45) is 1.67. The van der Waals surface area contributed by atoms with Crippen molar-refractivity contribution in [3.05, 3.63) is 65.2 Å². The SMILES string of the molecule is CCc1ccc(C(=O)Nc2ccccc2C=O)cc1. The molecule has 2 rings (SSSR count). The molecule has 0 aliphatic heterocycles. The largest absolute Gasteiger partial charge is 0.321 e. The minimum absolute atomic E-state index is 0.211. The first-order valence-corrected chi connectivity index (χ1v) is 6.19. The van der Waals surface area contributed by atoms with Gasteiger partial charge in [0.2, 0.25) is 0 Å². The Morgan fingerprint density at radius 1 is 1.11 bits per heavy atom. The highest BCUT2D eigenvalue weighted by Crippen LogP contribution is 2.14. The Bertz CT molecular complexity index is 588. The van der Waals surface area contributed by atoms with E-state index >= 15 is 0 Å². The third-order valence-corrected chi connectivity index (χ3v) is 2.96. The zero-order valence-electron chi connectivity index (χ0n) is 10.7. The molecule has 0 radical (unpaired) electrons. The van der Waals surface area contributed by atoms with E-state index < -0.39 is 0 Å². The van der Waals surface area contributed by atoms with Crippen LogP contribution >= 0.6 is 0 Å². The number of aryl methyl sites for hydroxylation is 1. The summed E-state index contributed by atoms with van der Waals surface area (Å²) in [6, 6.07) is 14.4. The van der Waals surface area contributed by atoms with Gasteiger partial charge in [-0.3, -0.25) is 9.59 Å². The molecule has 0 unspecified atom stereocenters. The maximum Gasteiger partial charge on any atom is 0.255 e. The van der Waals surface area contributed by atoms with Crippen LogP contribution in [0, 0.1) is 0 Å². The Kier molecular flexibility index (Phi) is 4.08. The Morgan fingerprint density at radius 2 is 1.79 bits per heavy atom. The zero-order valence-corrected chi connectivity index (χ0v) is 10.7. The van der Waals surface area contributed by atoms with Crippen molar-refractivity contribution >= 4 is 17.9 Å². The third-order valence-electron chi connectivity index (χ3n) is 2.96. The van der Waals surface area contributed by atoms with E-state index in [0.29, 0.717) is 16.8 Å². The molecule has 1 N–H and O–H groups in total. The number of benzene rings is 2. The highest BCUT2D eigenvalue weighted by molar-refractivity contribution is 6.06. The third kappa shape index (κ3) is 3.07. The lowest BCUT2D eigenvalue weighted by atomic mass is 10.1. The van der Waals surface area contributed by atoms with Gasteiger partial charge in [0.25, 0.3) is 5.91 Å². The van der Waals surface area contributed by atoms with E-state index in [1.807, 2.05) is 12.1 Å². The molecule has 0 saturated carbocycles. The van der Waals surface area contributed by atoms with E-state index in [1.54, 1.807) is 36.4 Å². The Hall–Kier alpha value is -2.42. The van der Waals surface area contributed by atoms with Crippen LogP contribution in [0.15, 0.2) is 48.5 Å². The van der Waals surface area contributed by atoms with Gasteiger partial charge in [-0.15, -0.1) is 0 Å². The number of rotatable bonds is 4. The van der Waals surface area contributed by atoms with Crippen LogP contribution in [-0.2, 0) is 6.42 Å². The van der Waals surface area contributed by atoms with E-state index in [-0.39, 0.29) is 5.91 Å². The molecular weight excluding hydrogens is 238 g/mol. The van der Waals surface area contributed by atoms with Gasteiger partial charge in [-0.25, -0.2) is 0 Å². The molecule has 0 atom stereocenters. The van der Waals surface area contributed by atoms with Gasteiger partial charge < -0.3 is 5.32 Å². The summed E-state index contributed by atoms with van der Waals surface area (Å²) in [5.74, 6) is -0.211. The monoisotopic (exact) mass is 253 g/mol. The molecule has 0 saturated heterocycles. The van der Waals surface area contributed by atoms with Crippen LogP contribution in [0.1, 0.15) is 33.2 Å². The summed E-state index contributed by atoms with van der Waals surface area (Å²) in [6.45, 7) is 2.06. The average Bonchev–Trinajstić information content (AvgIpc) is 2.48. The van der Waals surface area contributed by atoms with Crippen molar-refractivity contribution in [1.82, 2.24) is 0 Å². The van der Waals surface area contributed by atoms with E-state index in [2.05, 4.69) is 12.2 Å². The molecule has 3 heteroatoms. The summed E-state index contributed by atoms with van der Waals surface area (Å²) in [5.41, 5.74) is 2.77. The number of carbonyl (C=O) groups is 2. The fraction of sp³-hybridized carbons (Fsp3) is 0.125.